The molecule has 0 radical (unpaired) electrons. The fourth-order valence-electron chi connectivity index (χ4n) is 4.33. The van der Waals surface area contributed by atoms with Crippen LogP contribution in [-0.2, 0) is 14.3 Å². The SMILES string of the molecule is O=C1NCN(C(=O)OCC2c3ccccc3-c3ccccc32)[C@H]1COC1CCC1. The van der Waals surface area contributed by atoms with Crippen LogP contribution in [0.4, 0.5) is 4.79 Å². The van der Waals surface area contributed by atoms with Gasteiger partial charge in [0.05, 0.1) is 19.4 Å². The van der Waals surface area contributed by atoms with Gasteiger partial charge in [-0.05, 0) is 41.5 Å². The highest BCUT2D eigenvalue weighted by Crippen LogP contribution is 2.44. The van der Waals surface area contributed by atoms with Crippen LogP contribution in [0.15, 0.2) is 48.5 Å². The van der Waals surface area contributed by atoms with Crippen molar-refractivity contribution in [3.8, 4) is 11.1 Å². The van der Waals surface area contributed by atoms with Crippen molar-refractivity contribution in [3.63, 3.8) is 0 Å². The minimum Gasteiger partial charge on any atom is -0.448 e. The van der Waals surface area contributed by atoms with Crippen LogP contribution in [0.3, 0.4) is 0 Å². The second kappa shape index (κ2) is 7.52. The van der Waals surface area contributed by atoms with Crippen LogP contribution in [0.2, 0.25) is 0 Å². The van der Waals surface area contributed by atoms with Crippen molar-refractivity contribution in [2.45, 2.75) is 37.3 Å². The molecular weight excluding hydrogens is 368 g/mol. The zero-order chi connectivity index (χ0) is 19.8. The van der Waals surface area contributed by atoms with Gasteiger partial charge >= 0.3 is 6.09 Å². The van der Waals surface area contributed by atoms with Gasteiger partial charge in [0.2, 0.25) is 5.91 Å². The summed E-state index contributed by atoms with van der Waals surface area (Å²) in [5.74, 6) is -0.180. The van der Waals surface area contributed by atoms with Gasteiger partial charge in [0.15, 0.2) is 0 Å². The fourth-order valence-corrected chi connectivity index (χ4v) is 4.33. The maximum atomic E-state index is 12.8. The molecule has 0 bridgehead atoms. The van der Waals surface area contributed by atoms with Gasteiger partial charge in [-0.15, -0.1) is 0 Å². The number of rotatable bonds is 5. The Balaban J connectivity index is 1.27. The smallest absolute Gasteiger partial charge is 0.411 e. The Kier molecular flexibility index (Phi) is 4.72. The lowest BCUT2D eigenvalue weighted by molar-refractivity contribution is -0.124. The molecular formula is C23H24N2O4. The maximum Gasteiger partial charge on any atom is 0.411 e. The Labute approximate surface area is 169 Å². The molecule has 1 saturated heterocycles. The maximum absolute atomic E-state index is 12.8. The molecule has 2 amide bonds. The summed E-state index contributed by atoms with van der Waals surface area (Å²) in [6.07, 6.45) is 2.95. The van der Waals surface area contributed by atoms with E-state index in [1.807, 2.05) is 24.3 Å². The Hall–Kier alpha value is -2.86. The topological polar surface area (TPSA) is 67.9 Å². The van der Waals surface area contributed by atoms with Crippen molar-refractivity contribution in [2.24, 2.45) is 0 Å². The molecule has 1 aliphatic heterocycles. The number of nitrogens with one attached hydrogen (secondary N) is 1. The van der Waals surface area contributed by atoms with Crippen LogP contribution in [0, 0.1) is 0 Å². The molecule has 2 aliphatic carbocycles. The van der Waals surface area contributed by atoms with Crippen LogP contribution in [0.25, 0.3) is 11.1 Å². The Morgan fingerprint density at radius 1 is 1.00 bits per heavy atom. The van der Waals surface area contributed by atoms with E-state index in [4.69, 9.17) is 9.47 Å². The first kappa shape index (κ1) is 18.2. The molecule has 2 fully saturated rings. The van der Waals surface area contributed by atoms with Gasteiger partial charge in [-0.25, -0.2) is 4.79 Å². The molecule has 0 spiro atoms. The summed E-state index contributed by atoms with van der Waals surface area (Å²) in [6.45, 7) is 0.628. The van der Waals surface area contributed by atoms with Gasteiger partial charge in [0, 0.05) is 5.92 Å². The minimum absolute atomic E-state index is 0.00212. The van der Waals surface area contributed by atoms with Crippen molar-refractivity contribution in [3.05, 3.63) is 59.7 Å². The third-order valence-electron chi connectivity index (χ3n) is 6.22. The summed E-state index contributed by atoms with van der Waals surface area (Å²) in [5.41, 5.74) is 4.71. The number of ether oxygens (including phenoxy) is 2. The summed E-state index contributed by atoms with van der Waals surface area (Å²) in [4.78, 5) is 26.4. The molecule has 1 heterocycles. The van der Waals surface area contributed by atoms with Gasteiger partial charge in [0.1, 0.15) is 12.6 Å². The first-order valence-corrected chi connectivity index (χ1v) is 10.2. The van der Waals surface area contributed by atoms with Crippen molar-refractivity contribution in [1.82, 2.24) is 10.2 Å². The highest BCUT2D eigenvalue weighted by Gasteiger charge is 2.38. The van der Waals surface area contributed by atoms with E-state index in [-0.39, 0.29) is 37.8 Å². The third-order valence-corrected chi connectivity index (χ3v) is 6.22. The standard InChI is InChI=1S/C23H24N2O4/c26-22-21(13-28-15-6-5-7-15)25(14-24-22)23(27)29-12-20-18-10-3-1-8-16(18)17-9-2-4-11-19(17)20/h1-4,8-11,15,20-21H,5-7,12-14H2,(H,24,26)/t21-/m0/s1. The van der Waals surface area contributed by atoms with Crippen molar-refractivity contribution < 1.29 is 19.1 Å². The molecule has 3 aliphatic rings. The lowest BCUT2D eigenvalue weighted by Gasteiger charge is -2.28. The normalized spacial score (nSPS) is 20.8. The quantitative estimate of drug-likeness (QED) is 0.848. The minimum atomic E-state index is -0.619. The monoisotopic (exact) mass is 392 g/mol. The van der Waals surface area contributed by atoms with E-state index in [0.717, 1.165) is 19.3 Å². The molecule has 1 atom stereocenters. The van der Waals surface area contributed by atoms with Gasteiger partial charge in [-0.3, -0.25) is 9.69 Å². The summed E-state index contributed by atoms with van der Waals surface area (Å²) >= 11 is 0. The van der Waals surface area contributed by atoms with Crippen LogP contribution < -0.4 is 5.32 Å². The lowest BCUT2D eigenvalue weighted by Crippen LogP contribution is -2.43. The van der Waals surface area contributed by atoms with Gasteiger partial charge in [-0.1, -0.05) is 48.5 Å². The van der Waals surface area contributed by atoms with Crippen molar-refractivity contribution >= 4 is 12.0 Å². The van der Waals surface area contributed by atoms with Gasteiger partial charge in [-0.2, -0.15) is 0 Å². The number of amides is 2. The third kappa shape index (κ3) is 3.27. The molecule has 6 nitrogen and oxygen atoms in total. The molecule has 150 valence electrons. The van der Waals surface area contributed by atoms with Crippen molar-refractivity contribution in [1.29, 1.82) is 0 Å². The molecule has 1 N–H and O–H groups in total. The predicted octanol–water partition coefficient (Wildman–Crippen LogP) is 3.26. The molecule has 1 saturated carbocycles. The van der Waals surface area contributed by atoms with E-state index >= 15 is 0 Å². The Bertz CT molecular complexity index is 894. The van der Waals surface area contributed by atoms with Gasteiger partial charge in [0.25, 0.3) is 0 Å². The second-order valence-corrected chi connectivity index (χ2v) is 7.87. The van der Waals surface area contributed by atoms with Crippen LogP contribution in [0.1, 0.15) is 36.3 Å². The molecule has 0 unspecified atom stereocenters. The summed E-state index contributed by atoms with van der Waals surface area (Å²) in [7, 11) is 0. The number of fused-ring (bicyclic) bond motifs is 3. The number of hydrogen-bond donors (Lipinski definition) is 1. The van der Waals surface area contributed by atoms with Crippen molar-refractivity contribution in [2.75, 3.05) is 19.9 Å². The first-order chi connectivity index (χ1) is 14.2. The molecule has 5 rings (SSSR count). The zero-order valence-electron chi connectivity index (χ0n) is 16.2. The second-order valence-electron chi connectivity index (χ2n) is 7.87. The predicted molar refractivity (Wildman–Crippen MR) is 107 cm³/mol. The number of carbonyl (C=O) groups excluding carboxylic acids is 2. The van der Waals surface area contributed by atoms with E-state index in [1.165, 1.54) is 27.2 Å². The van der Waals surface area contributed by atoms with E-state index in [1.54, 1.807) is 0 Å². The number of hydrogen-bond acceptors (Lipinski definition) is 4. The zero-order valence-corrected chi connectivity index (χ0v) is 16.2. The summed E-state index contributed by atoms with van der Waals surface area (Å²) in [6, 6.07) is 15.8. The number of benzene rings is 2. The Morgan fingerprint density at radius 2 is 1.66 bits per heavy atom. The van der Waals surface area contributed by atoms with E-state index in [9.17, 15) is 9.59 Å². The molecule has 6 heteroatoms. The Morgan fingerprint density at radius 3 is 2.28 bits per heavy atom. The van der Waals surface area contributed by atoms with Gasteiger partial charge < -0.3 is 14.8 Å². The highest BCUT2D eigenvalue weighted by atomic mass is 16.6. The summed E-state index contributed by atoms with van der Waals surface area (Å²) < 4.78 is 11.5. The lowest BCUT2D eigenvalue weighted by atomic mass is 9.96. The van der Waals surface area contributed by atoms with Crippen LogP contribution in [-0.4, -0.2) is 48.9 Å². The van der Waals surface area contributed by atoms with Crippen LogP contribution >= 0.6 is 0 Å². The molecule has 0 aromatic heterocycles. The fraction of sp³-hybridized carbons (Fsp3) is 0.391. The number of carbonyl (C=O) groups is 2. The molecule has 2 aromatic carbocycles. The van der Waals surface area contributed by atoms with Crippen LogP contribution in [0.5, 0.6) is 0 Å². The average Bonchev–Trinajstić information content (AvgIpc) is 3.23. The average molecular weight is 392 g/mol. The van der Waals surface area contributed by atoms with E-state index in [0.29, 0.717) is 0 Å². The highest BCUT2D eigenvalue weighted by molar-refractivity contribution is 5.88. The summed E-state index contributed by atoms with van der Waals surface area (Å²) in [5, 5.41) is 2.73. The largest absolute Gasteiger partial charge is 0.448 e. The van der Waals surface area contributed by atoms with E-state index in [2.05, 4.69) is 29.6 Å². The molecule has 2 aromatic rings. The molecule has 29 heavy (non-hydrogen) atoms. The van der Waals surface area contributed by atoms with E-state index < -0.39 is 12.1 Å². The number of nitrogens with zero attached hydrogens (tertiary/aromatic N) is 1. The first-order valence-electron chi connectivity index (χ1n) is 10.2.